The summed E-state index contributed by atoms with van der Waals surface area (Å²) in [5.41, 5.74) is 7.64. The maximum atomic E-state index is 11.4. The van der Waals surface area contributed by atoms with Crippen LogP contribution in [0.2, 0.25) is 0 Å². The van der Waals surface area contributed by atoms with Gasteiger partial charge in [-0.3, -0.25) is 9.36 Å². The fourth-order valence-electron chi connectivity index (χ4n) is 1.91. The molecule has 0 fully saturated rings. The van der Waals surface area contributed by atoms with Crippen LogP contribution in [0.1, 0.15) is 5.56 Å². The van der Waals surface area contributed by atoms with E-state index >= 15 is 0 Å². The highest BCUT2D eigenvalue weighted by molar-refractivity contribution is 5.77. The molecule has 6 heteroatoms. The van der Waals surface area contributed by atoms with Crippen LogP contribution in [0.15, 0.2) is 27.4 Å². The zero-order valence-electron chi connectivity index (χ0n) is 11.0. The average Bonchev–Trinajstić information content (AvgIpc) is 2.70. The minimum atomic E-state index is -0.373. The van der Waals surface area contributed by atoms with Crippen molar-refractivity contribution in [1.82, 2.24) is 9.47 Å². The number of hydrogen-bond donors (Lipinski definition) is 1. The van der Waals surface area contributed by atoms with Crippen molar-refractivity contribution in [2.75, 3.05) is 20.1 Å². The molecule has 2 N–H and O–H groups in total. The van der Waals surface area contributed by atoms with Crippen LogP contribution in [0.25, 0.3) is 11.1 Å². The Morgan fingerprint density at radius 2 is 2.21 bits per heavy atom. The SMILES string of the molecule is CN(CCc1ccc2c(c1)oc(=O)n2C)C(=O)CN. The fraction of sp³-hybridized carbons (Fsp3) is 0.385. The van der Waals surface area contributed by atoms with Crippen molar-refractivity contribution in [3.63, 3.8) is 0 Å². The summed E-state index contributed by atoms with van der Waals surface area (Å²) in [6.07, 6.45) is 0.691. The van der Waals surface area contributed by atoms with E-state index in [1.165, 1.54) is 4.57 Å². The van der Waals surface area contributed by atoms with Crippen molar-refractivity contribution in [3.05, 3.63) is 34.3 Å². The molecule has 6 nitrogen and oxygen atoms in total. The molecule has 1 amide bonds. The summed E-state index contributed by atoms with van der Waals surface area (Å²) < 4.78 is 6.58. The summed E-state index contributed by atoms with van der Waals surface area (Å²) in [6.45, 7) is 0.599. The predicted octanol–water partition coefficient (Wildman–Crippen LogP) is 0.0911. The topological polar surface area (TPSA) is 81.5 Å². The van der Waals surface area contributed by atoms with Gasteiger partial charge < -0.3 is 15.1 Å². The van der Waals surface area contributed by atoms with Gasteiger partial charge in [0.25, 0.3) is 0 Å². The third-order valence-electron chi connectivity index (χ3n) is 3.19. The lowest BCUT2D eigenvalue weighted by Crippen LogP contribution is -2.34. The Labute approximate surface area is 110 Å². The Bertz CT molecular complexity index is 657. The van der Waals surface area contributed by atoms with Gasteiger partial charge in [-0.25, -0.2) is 4.79 Å². The normalized spacial score (nSPS) is 10.9. The fourth-order valence-corrected chi connectivity index (χ4v) is 1.91. The first-order valence-electron chi connectivity index (χ1n) is 6.05. The number of carbonyl (C=O) groups excluding carboxylic acids is 1. The quantitative estimate of drug-likeness (QED) is 0.847. The van der Waals surface area contributed by atoms with Crippen molar-refractivity contribution < 1.29 is 9.21 Å². The molecular weight excluding hydrogens is 246 g/mol. The lowest BCUT2D eigenvalue weighted by atomic mass is 10.1. The van der Waals surface area contributed by atoms with E-state index in [4.69, 9.17) is 10.2 Å². The van der Waals surface area contributed by atoms with Crippen molar-refractivity contribution in [1.29, 1.82) is 0 Å². The van der Waals surface area contributed by atoms with Crippen molar-refractivity contribution >= 4 is 17.0 Å². The van der Waals surface area contributed by atoms with E-state index in [0.717, 1.165) is 11.1 Å². The number of nitrogens with two attached hydrogens (primary N) is 1. The molecule has 1 aromatic heterocycles. The second kappa shape index (κ2) is 5.27. The van der Waals surface area contributed by atoms with Gasteiger partial charge in [-0.15, -0.1) is 0 Å². The van der Waals surface area contributed by atoms with Crippen LogP contribution in [0.3, 0.4) is 0 Å². The molecule has 2 aromatic rings. The van der Waals surface area contributed by atoms with Crippen LogP contribution in [0, 0.1) is 0 Å². The number of benzene rings is 1. The molecule has 0 saturated carbocycles. The lowest BCUT2D eigenvalue weighted by Gasteiger charge is -2.15. The number of fused-ring (bicyclic) bond motifs is 1. The smallest absolute Gasteiger partial charge is 0.408 e. The van der Waals surface area contributed by atoms with E-state index in [2.05, 4.69) is 0 Å². The average molecular weight is 263 g/mol. The molecule has 1 aromatic carbocycles. The van der Waals surface area contributed by atoms with E-state index in [1.54, 1.807) is 19.0 Å². The molecule has 102 valence electrons. The van der Waals surface area contributed by atoms with Gasteiger partial charge in [0, 0.05) is 20.6 Å². The molecule has 0 saturated heterocycles. The maximum absolute atomic E-state index is 11.4. The van der Waals surface area contributed by atoms with Crippen LogP contribution in [0.5, 0.6) is 0 Å². The van der Waals surface area contributed by atoms with Gasteiger partial charge in [0.2, 0.25) is 5.91 Å². The molecule has 0 unspecified atom stereocenters. The monoisotopic (exact) mass is 263 g/mol. The molecule has 1 heterocycles. The summed E-state index contributed by atoms with van der Waals surface area (Å²) in [7, 11) is 3.39. The first-order valence-corrected chi connectivity index (χ1v) is 6.05. The van der Waals surface area contributed by atoms with Crippen LogP contribution in [0.4, 0.5) is 0 Å². The van der Waals surface area contributed by atoms with Crippen molar-refractivity contribution in [2.45, 2.75) is 6.42 Å². The summed E-state index contributed by atoms with van der Waals surface area (Å²) in [4.78, 5) is 24.3. The van der Waals surface area contributed by atoms with Crippen LogP contribution < -0.4 is 11.5 Å². The highest BCUT2D eigenvalue weighted by atomic mass is 16.4. The Morgan fingerprint density at radius 1 is 1.47 bits per heavy atom. The van der Waals surface area contributed by atoms with Gasteiger partial charge in [-0.2, -0.15) is 0 Å². The van der Waals surface area contributed by atoms with Gasteiger partial charge in [0.15, 0.2) is 5.58 Å². The predicted molar refractivity (Wildman–Crippen MR) is 71.9 cm³/mol. The highest BCUT2D eigenvalue weighted by Gasteiger charge is 2.08. The number of aryl methyl sites for hydroxylation is 1. The number of nitrogens with zero attached hydrogens (tertiary/aromatic N) is 2. The van der Waals surface area contributed by atoms with E-state index in [0.29, 0.717) is 18.5 Å². The number of rotatable bonds is 4. The van der Waals surface area contributed by atoms with E-state index in [9.17, 15) is 9.59 Å². The molecule has 19 heavy (non-hydrogen) atoms. The molecule has 0 atom stereocenters. The molecule has 0 aliphatic carbocycles. The molecule has 0 bridgehead atoms. The first-order chi connectivity index (χ1) is 9.02. The maximum Gasteiger partial charge on any atom is 0.419 e. The van der Waals surface area contributed by atoms with Crippen LogP contribution >= 0.6 is 0 Å². The molecule has 2 rings (SSSR count). The summed E-state index contributed by atoms with van der Waals surface area (Å²) in [5.74, 6) is -0.463. The Morgan fingerprint density at radius 3 is 2.89 bits per heavy atom. The van der Waals surface area contributed by atoms with E-state index < -0.39 is 0 Å². The van der Waals surface area contributed by atoms with Crippen LogP contribution in [-0.4, -0.2) is 35.5 Å². The Balaban J connectivity index is 2.14. The standard InChI is InChI=1S/C13H17N3O3/c1-15(12(17)8-14)6-5-9-3-4-10-11(7-9)19-13(18)16(10)2/h3-4,7H,5-6,8,14H2,1-2H3. The zero-order chi connectivity index (χ0) is 14.0. The van der Waals surface area contributed by atoms with E-state index in [1.807, 2.05) is 18.2 Å². The van der Waals surface area contributed by atoms with Crippen molar-refractivity contribution in [2.24, 2.45) is 12.8 Å². The first kappa shape index (κ1) is 13.4. The van der Waals surface area contributed by atoms with Gasteiger partial charge in [0.05, 0.1) is 12.1 Å². The largest absolute Gasteiger partial charge is 0.419 e. The minimum Gasteiger partial charge on any atom is -0.408 e. The molecule has 0 radical (unpaired) electrons. The molecule has 0 spiro atoms. The summed E-state index contributed by atoms with van der Waals surface area (Å²) in [6, 6.07) is 5.61. The van der Waals surface area contributed by atoms with Gasteiger partial charge in [-0.05, 0) is 24.1 Å². The molecule has 0 aliphatic heterocycles. The van der Waals surface area contributed by atoms with Gasteiger partial charge >= 0.3 is 5.76 Å². The van der Waals surface area contributed by atoms with Crippen molar-refractivity contribution in [3.8, 4) is 0 Å². The molecular formula is C13H17N3O3. The Kier molecular flexibility index (Phi) is 3.71. The van der Waals surface area contributed by atoms with Gasteiger partial charge in [-0.1, -0.05) is 6.07 Å². The second-order valence-corrected chi connectivity index (χ2v) is 4.50. The van der Waals surface area contributed by atoms with E-state index in [-0.39, 0.29) is 18.2 Å². The molecule has 0 aliphatic rings. The second-order valence-electron chi connectivity index (χ2n) is 4.50. The number of carbonyl (C=O) groups is 1. The summed E-state index contributed by atoms with van der Waals surface area (Å²) >= 11 is 0. The number of oxazole rings is 1. The summed E-state index contributed by atoms with van der Waals surface area (Å²) in [5, 5.41) is 0. The zero-order valence-corrected chi connectivity index (χ0v) is 11.0. The number of likely N-dealkylation sites (N-methyl/N-ethyl adjacent to an activating group) is 1. The third kappa shape index (κ3) is 2.68. The number of hydrogen-bond acceptors (Lipinski definition) is 4. The van der Waals surface area contributed by atoms with Gasteiger partial charge in [0.1, 0.15) is 0 Å². The third-order valence-corrected chi connectivity index (χ3v) is 3.19. The Hall–Kier alpha value is -2.08. The highest BCUT2D eigenvalue weighted by Crippen LogP contribution is 2.14. The number of aromatic nitrogens is 1. The minimum absolute atomic E-state index is 0.0170. The van der Waals surface area contributed by atoms with Crippen LogP contribution in [-0.2, 0) is 18.3 Å². The number of amides is 1. The lowest BCUT2D eigenvalue weighted by molar-refractivity contribution is -0.128.